The molecule has 0 aliphatic rings. The van der Waals surface area contributed by atoms with E-state index in [2.05, 4.69) is 70.1 Å². The van der Waals surface area contributed by atoms with Crippen molar-refractivity contribution in [1.82, 2.24) is 10.2 Å². The van der Waals surface area contributed by atoms with Crippen LogP contribution in [0.2, 0.25) is 0 Å². The molecule has 0 bridgehead atoms. The zero-order valence-electron chi connectivity index (χ0n) is 17.1. The highest BCUT2D eigenvalue weighted by Gasteiger charge is 2.20. The third kappa shape index (κ3) is 7.07. The minimum atomic E-state index is -0.127. The van der Waals surface area contributed by atoms with Crippen LogP contribution in [0.1, 0.15) is 60.5 Å². The molecule has 1 aromatic rings. The summed E-state index contributed by atoms with van der Waals surface area (Å²) in [5, 5.41) is 6.10. The number of hydrogen-bond donors (Lipinski definition) is 2. The molecule has 0 aliphatic heterocycles. The van der Waals surface area contributed by atoms with Crippen LogP contribution in [-0.2, 0) is 5.41 Å². The Morgan fingerprint density at radius 3 is 2.24 bits per heavy atom. The topological polar surface area (TPSA) is 44.4 Å². The number of benzene rings is 1. The molecule has 0 saturated carbocycles. The summed E-state index contributed by atoms with van der Waals surface area (Å²) in [4.78, 5) is 14.9. The van der Waals surface area contributed by atoms with Crippen LogP contribution < -0.4 is 10.6 Å². The molecule has 2 amide bonds. The van der Waals surface area contributed by atoms with E-state index in [4.69, 9.17) is 0 Å². The molecular formula is C21H37N3O. The highest BCUT2D eigenvalue weighted by Crippen LogP contribution is 2.29. The zero-order chi connectivity index (χ0) is 19.0. The Hall–Kier alpha value is -1.55. The summed E-state index contributed by atoms with van der Waals surface area (Å²) < 4.78 is 0. The molecule has 0 spiro atoms. The molecule has 2 N–H and O–H groups in total. The zero-order valence-corrected chi connectivity index (χ0v) is 17.1. The first-order valence-corrected chi connectivity index (χ1v) is 9.57. The normalized spacial score (nSPS) is 13.2. The third-order valence-corrected chi connectivity index (χ3v) is 4.55. The fourth-order valence-corrected chi connectivity index (χ4v) is 3.27. The van der Waals surface area contributed by atoms with Crippen molar-refractivity contribution in [2.75, 3.05) is 25.0 Å². The van der Waals surface area contributed by atoms with Crippen molar-refractivity contribution >= 4 is 11.7 Å². The molecule has 0 aliphatic carbocycles. The number of nitrogens with one attached hydrogen (secondary N) is 2. The third-order valence-electron chi connectivity index (χ3n) is 4.55. The van der Waals surface area contributed by atoms with Crippen LogP contribution in [0.15, 0.2) is 24.3 Å². The number of hydrogen-bond acceptors (Lipinski definition) is 2. The number of carbonyl (C=O) groups excluding carboxylic acids is 1. The number of urea groups is 1. The van der Waals surface area contributed by atoms with Gasteiger partial charge in [0.15, 0.2) is 0 Å². The first-order valence-electron chi connectivity index (χ1n) is 9.57. The van der Waals surface area contributed by atoms with Gasteiger partial charge in [0.25, 0.3) is 0 Å². The summed E-state index contributed by atoms with van der Waals surface area (Å²) in [7, 11) is 0. The average molecular weight is 348 g/mol. The Kier molecular flexibility index (Phi) is 8.43. The molecule has 0 radical (unpaired) electrons. The van der Waals surface area contributed by atoms with Gasteiger partial charge >= 0.3 is 6.03 Å². The summed E-state index contributed by atoms with van der Waals surface area (Å²) in [6, 6.07) is 8.27. The largest absolute Gasteiger partial charge is 0.336 e. The van der Waals surface area contributed by atoms with Gasteiger partial charge in [-0.1, -0.05) is 66.7 Å². The van der Waals surface area contributed by atoms with Gasteiger partial charge in [0.05, 0.1) is 0 Å². The smallest absolute Gasteiger partial charge is 0.319 e. The molecule has 1 atom stereocenters. The van der Waals surface area contributed by atoms with E-state index in [-0.39, 0.29) is 11.4 Å². The number of rotatable bonds is 8. The second-order valence-corrected chi connectivity index (χ2v) is 8.14. The van der Waals surface area contributed by atoms with Gasteiger partial charge < -0.3 is 10.6 Å². The summed E-state index contributed by atoms with van der Waals surface area (Å²) in [5.41, 5.74) is 2.02. The van der Waals surface area contributed by atoms with Gasteiger partial charge in [-0.3, -0.25) is 4.90 Å². The molecule has 0 fully saturated rings. The summed E-state index contributed by atoms with van der Waals surface area (Å²) in [5.74, 6) is 0.608. The highest BCUT2D eigenvalue weighted by atomic mass is 16.2. The number of para-hydroxylation sites is 1. The maximum absolute atomic E-state index is 12.4. The lowest BCUT2D eigenvalue weighted by atomic mass is 9.86. The number of carbonyl (C=O) groups is 1. The van der Waals surface area contributed by atoms with Gasteiger partial charge in [0.2, 0.25) is 0 Å². The van der Waals surface area contributed by atoms with Crippen molar-refractivity contribution in [3.05, 3.63) is 29.8 Å². The van der Waals surface area contributed by atoms with Gasteiger partial charge in [0.1, 0.15) is 0 Å². The minimum absolute atomic E-state index is 0.00866. The second kappa shape index (κ2) is 9.81. The van der Waals surface area contributed by atoms with Crippen molar-refractivity contribution in [3.8, 4) is 0 Å². The summed E-state index contributed by atoms with van der Waals surface area (Å²) >= 11 is 0. The number of anilines is 1. The molecule has 1 rings (SSSR count). The predicted octanol–water partition coefficient (Wildman–Crippen LogP) is 4.86. The lowest BCUT2D eigenvalue weighted by molar-refractivity contribution is 0.186. The average Bonchev–Trinajstić information content (AvgIpc) is 2.52. The molecule has 1 aromatic carbocycles. The molecular weight excluding hydrogens is 310 g/mol. The van der Waals surface area contributed by atoms with Gasteiger partial charge in [0, 0.05) is 18.3 Å². The summed E-state index contributed by atoms with van der Waals surface area (Å²) in [6.45, 7) is 18.0. The lowest BCUT2D eigenvalue weighted by Crippen LogP contribution is -2.45. The minimum Gasteiger partial charge on any atom is -0.336 e. The monoisotopic (exact) mass is 347 g/mol. The number of likely N-dealkylation sites (N-methyl/N-ethyl adjacent to an activating group) is 1. The van der Waals surface area contributed by atoms with Crippen LogP contribution in [0.3, 0.4) is 0 Å². The predicted molar refractivity (Wildman–Crippen MR) is 108 cm³/mol. The van der Waals surface area contributed by atoms with Crippen LogP contribution in [0.5, 0.6) is 0 Å². The quantitative estimate of drug-likeness (QED) is 0.705. The van der Waals surface area contributed by atoms with Crippen LogP contribution >= 0.6 is 0 Å². The molecule has 4 heteroatoms. The van der Waals surface area contributed by atoms with E-state index in [1.807, 2.05) is 18.2 Å². The van der Waals surface area contributed by atoms with Crippen LogP contribution in [-0.4, -0.2) is 36.6 Å². The Morgan fingerprint density at radius 1 is 1.12 bits per heavy atom. The molecule has 0 unspecified atom stereocenters. The van der Waals surface area contributed by atoms with Crippen LogP contribution in [0, 0.1) is 5.92 Å². The maximum Gasteiger partial charge on any atom is 0.319 e. The van der Waals surface area contributed by atoms with E-state index in [0.29, 0.717) is 18.5 Å². The summed E-state index contributed by atoms with van der Waals surface area (Å²) in [6.07, 6.45) is 1.08. The SMILES string of the molecule is CCN(CC)[C@@H](CNC(=O)Nc1ccccc1C(C)(C)C)CC(C)C. The first kappa shape index (κ1) is 21.5. The highest BCUT2D eigenvalue weighted by molar-refractivity contribution is 5.90. The van der Waals surface area contributed by atoms with Gasteiger partial charge in [-0.05, 0) is 42.5 Å². The van der Waals surface area contributed by atoms with Crippen molar-refractivity contribution in [1.29, 1.82) is 0 Å². The van der Waals surface area contributed by atoms with Gasteiger partial charge in [-0.15, -0.1) is 0 Å². The lowest BCUT2D eigenvalue weighted by Gasteiger charge is -2.31. The fourth-order valence-electron chi connectivity index (χ4n) is 3.27. The van der Waals surface area contributed by atoms with Crippen molar-refractivity contribution < 1.29 is 4.79 Å². The van der Waals surface area contributed by atoms with E-state index in [0.717, 1.165) is 30.8 Å². The molecule has 0 saturated heterocycles. The first-order chi connectivity index (χ1) is 11.7. The maximum atomic E-state index is 12.4. The second-order valence-electron chi connectivity index (χ2n) is 8.14. The molecule has 0 aromatic heterocycles. The molecule has 0 heterocycles. The Balaban J connectivity index is 2.73. The van der Waals surface area contributed by atoms with Crippen molar-refractivity contribution in [2.24, 2.45) is 5.92 Å². The van der Waals surface area contributed by atoms with E-state index < -0.39 is 0 Å². The van der Waals surface area contributed by atoms with Crippen molar-refractivity contribution in [2.45, 2.75) is 66.3 Å². The van der Waals surface area contributed by atoms with E-state index in [1.165, 1.54) is 0 Å². The van der Waals surface area contributed by atoms with Crippen LogP contribution in [0.25, 0.3) is 0 Å². The number of amides is 2. The van der Waals surface area contributed by atoms with E-state index in [9.17, 15) is 4.79 Å². The number of nitrogens with zero attached hydrogens (tertiary/aromatic N) is 1. The Labute approximate surface area is 154 Å². The molecule has 25 heavy (non-hydrogen) atoms. The standard InChI is InChI=1S/C21H37N3O/c1-8-24(9-2)17(14-16(3)4)15-22-20(25)23-19-13-11-10-12-18(19)21(5,6)7/h10-13,16-17H,8-9,14-15H2,1-7H3,(H2,22,23,25)/t17-/m1/s1. The van der Waals surface area contributed by atoms with Gasteiger partial charge in [-0.25, -0.2) is 4.79 Å². The van der Waals surface area contributed by atoms with Crippen LogP contribution in [0.4, 0.5) is 10.5 Å². The Bertz CT molecular complexity index is 530. The van der Waals surface area contributed by atoms with E-state index in [1.54, 1.807) is 0 Å². The van der Waals surface area contributed by atoms with E-state index >= 15 is 0 Å². The van der Waals surface area contributed by atoms with Crippen molar-refractivity contribution in [3.63, 3.8) is 0 Å². The molecule has 142 valence electrons. The molecule has 4 nitrogen and oxygen atoms in total. The van der Waals surface area contributed by atoms with Gasteiger partial charge in [-0.2, -0.15) is 0 Å². The fraction of sp³-hybridized carbons (Fsp3) is 0.667. The Morgan fingerprint density at radius 2 is 1.72 bits per heavy atom.